The van der Waals surface area contributed by atoms with Gasteiger partial charge in [0, 0.05) is 55.6 Å². The van der Waals surface area contributed by atoms with Crippen molar-refractivity contribution in [2.24, 2.45) is 0 Å². The number of nitrogens with zero attached hydrogens (tertiary/aromatic N) is 6. The fourth-order valence-electron chi connectivity index (χ4n) is 6.61. The summed E-state index contributed by atoms with van der Waals surface area (Å²) in [5, 5.41) is 7.42. The van der Waals surface area contributed by atoms with E-state index in [1.807, 2.05) is 0 Å². The smallest absolute Gasteiger partial charge is 0.379 e. The molecule has 1 saturated heterocycles. The lowest BCUT2D eigenvalue weighted by atomic mass is 10.0. The molecule has 5 aromatic rings. The summed E-state index contributed by atoms with van der Waals surface area (Å²) in [6.45, 7) is 5.00. The Labute approximate surface area is 268 Å². The SMILES string of the molecule is COC1CN(C2CCCC2Nc2ncc(C(F)(F)F)c(-c3cn(S(=O)(=O)c4ccccc4)c4nc(-c5c(C)noc5C)ccc34)n2)C1. The average molecular weight is 668 g/mol. The number of methoxy groups -OCH3 is 1. The van der Waals surface area contributed by atoms with Crippen molar-refractivity contribution in [3.63, 3.8) is 0 Å². The minimum Gasteiger partial charge on any atom is -0.379 e. The number of rotatable bonds is 8. The van der Waals surface area contributed by atoms with Crippen LogP contribution in [0.4, 0.5) is 19.1 Å². The quantitative estimate of drug-likeness (QED) is 0.221. The van der Waals surface area contributed by atoms with E-state index in [1.165, 1.54) is 12.1 Å². The second-order valence-corrected chi connectivity index (χ2v) is 13.8. The Morgan fingerprint density at radius 3 is 2.49 bits per heavy atom. The van der Waals surface area contributed by atoms with Crippen molar-refractivity contribution in [3.05, 3.63) is 71.9 Å². The van der Waals surface area contributed by atoms with Crippen molar-refractivity contribution >= 4 is 27.0 Å². The lowest BCUT2D eigenvalue weighted by Gasteiger charge is -2.44. The zero-order valence-corrected chi connectivity index (χ0v) is 26.6. The molecule has 0 amide bonds. The van der Waals surface area contributed by atoms with Gasteiger partial charge in [0.05, 0.1) is 33.6 Å². The van der Waals surface area contributed by atoms with Crippen molar-refractivity contribution in [1.29, 1.82) is 0 Å². The van der Waals surface area contributed by atoms with Gasteiger partial charge in [0.25, 0.3) is 10.0 Å². The van der Waals surface area contributed by atoms with E-state index in [0.29, 0.717) is 22.7 Å². The van der Waals surface area contributed by atoms with Crippen molar-refractivity contribution in [2.45, 2.75) is 62.4 Å². The Kier molecular flexibility index (Phi) is 7.80. The molecular formula is C32H32F3N7O4S. The normalized spacial score (nSPS) is 19.4. The largest absolute Gasteiger partial charge is 0.419 e. The molecule has 0 spiro atoms. The number of pyridine rings is 1. The lowest BCUT2D eigenvalue weighted by Crippen LogP contribution is -2.59. The van der Waals surface area contributed by atoms with Crippen LogP contribution < -0.4 is 5.32 Å². The molecule has 1 N–H and O–H groups in total. The van der Waals surface area contributed by atoms with Gasteiger partial charge in [-0.05, 0) is 57.4 Å². The zero-order valence-electron chi connectivity index (χ0n) is 25.8. The van der Waals surface area contributed by atoms with Gasteiger partial charge in [0.15, 0.2) is 5.65 Å². The predicted molar refractivity (Wildman–Crippen MR) is 167 cm³/mol. The number of fused-ring (bicyclic) bond motifs is 1. The molecule has 7 rings (SSSR count). The van der Waals surface area contributed by atoms with E-state index in [4.69, 9.17) is 9.26 Å². The molecule has 15 heteroatoms. The van der Waals surface area contributed by atoms with E-state index in [0.717, 1.165) is 48.7 Å². The Hall–Kier alpha value is -4.34. The van der Waals surface area contributed by atoms with Crippen LogP contribution in [0, 0.1) is 13.8 Å². The second-order valence-electron chi connectivity index (χ2n) is 11.9. The summed E-state index contributed by atoms with van der Waals surface area (Å²) in [4.78, 5) is 15.4. The summed E-state index contributed by atoms with van der Waals surface area (Å²) in [7, 11) is -2.62. The first-order valence-electron chi connectivity index (χ1n) is 15.2. The van der Waals surface area contributed by atoms with E-state index in [1.54, 1.807) is 51.3 Å². The summed E-state index contributed by atoms with van der Waals surface area (Å²) in [5.41, 5.74) is -0.209. The van der Waals surface area contributed by atoms with Gasteiger partial charge in [-0.1, -0.05) is 23.4 Å². The molecule has 5 heterocycles. The number of aryl methyl sites for hydroxylation is 2. The topological polar surface area (TPSA) is 128 Å². The van der Waals surface area contributed by atoms with Crippen LogP contribution in [0.15, 0.2) is 64.3 Å². The molecule has 2 fully saturated rings. The summed E-state index contributed by atoms with van der Waals surface area (Å²) >= 11 is 0. The van der Waals surface area contributed by atoms with Crippen LogP contribution in [0.5, 0.6) is 0 Å². The highest BCUT2D eigenvalue weighted by Gasteiger charge is 2.40. The Morgan fingerprint density at radius 2 is 1.81 bits per heavy atom. The summed E-state index contributed by atoms with van der Waals surface area (Å²) in [6, 6.07) is 10.9. The minimum absolute atomic E-state index is 0.0285. The second kappa shape index (κ2) is 11.7. The molecule has 4 aromatic heterocycles. The fraction of sp³-hybridized carbons (Fsp3) is 0.375. The first-order valence-corrected chi connectivity index (χ1v) is 16.6. The van der Waals surface area contributed by atoms with Crippen LogP contribution >= 0.6 is 0 Å². The van der Waals surface area contributed by atoms with Gasteiger partial charge < -0.3 is 14.6 Å². The number of ether oxygens (including phenoxy) is 1. The summed E-state index contributed by atoms with van der Waals surface area (Å²) in [6.07, 6.45) is -0.0583. The van der Waals surface area contributed by atoms with Crippen LogP contribution in [0.25, 0.3) is 33.5 Å². The molecule has 1 aliphatic carbocycles. The van der Waals surface area contributed by atoms with Crippen molar-refractivity contribution in [2.75, 3.05) is 25.5 Å². The van der Waals surface area contributed by atoms with Gasteiger partial charge >= 0.3 is 6.18 Å². The summed E-state index contributed by atoms with van der Waals surface area (Å²) in [5.74, 6) is 0.492. The van der Waals surface area contributed by atoms with Crippen LogP contribution in [0.1, 0.15) is 36.3 Å². The van der Waals surface area contributed by atoms with Crippen LogP contribution in [0.2, 0.25) is 0 Å². The van der Waals surface area contributed by atoms with Gasteiger partial charge in [-0.2, -0.15) is 13.2 Å². The molecule has 0 bridgehead atoms. The van der Waals surface area contributed by atoms with Crippen LogP contribution in [-0.2, 0) is 20.9 Å². The van der Waals surface area contributed by atoms with Gasteiger partial charge in [0.1, 0.15) is 11.3 Å². The molecule has 2 aliphatic rings. The highest BCUT2D eigenvalue weighted by Crippen LogP contribution is 2.41. The number of halogens is 3. The third-order valence-corrected chi connectivity index (χ3v) is 10.7. The highest BCUT2D eigenvalue weighted by atomic mass is 32.2. The van der Waals surface area contributed by atoms with Gasteiger partial charge in [-0.3, -0.25) is 4.90 Å². The average Bonchev–Trinajstić information content (AvgIpc) is 3.73. The standard InChI is InChI=1S/C32H32F3N7O4S/c1-18-28(19(2)46-40-18)26-13-12-22-23(17-42(30(22)37-26)47(43,44)21-8-5-4-6-9-21)29-24(32(33,34)35)14-36-31(39-29)38-25-10-7-11-27(25)41-15-20(16-41)45-3/h4-6,8-9,12-14,17,20,25,27H,7,10-11,15-16H2,1-3H3,(H,36,38,39). The maximum absolute atomic E-state index is 14.5. The Morgan fingerprint density at radius 1 is 1.04 bits per heavy atom. The zero-order chi connectivity index (χ0) is 33.1. The molecule has 2 atom stereocenters. The number of aromatic nitrogens is 5. The van der Waals surface area contributed by atoms with Crippen LogP contribution in [-0.4, -0.2) is 75.8 Å². The molecule has 2 unspecified atom stereocenters. The number of likely N-dealkylation sites (tertiary alicyclic amines) is 1. The van der Waals surface area contributed by atoms with Gasteiger partial charge in [-0.25, -0.2) is 27.3 Å². The fourth-order valence-corrected chi connectivity index (χ4v) is 7.94. The van der Waals surface area contributed by atoms with E-state index in [-0.39, 0.29) is 45.6 Å². The molecular weight excluding hydrogens is 635 g/mol. The van der Waals surface area contributed by atoms with E-state index < -0.39 is 27.5 Å². The molecule has 47 heavy (non-hydrogen) atoms. The molecule has 11 nitrogen and oxygen atoms in total. The molecule has 0 radical (unpaired) electrons. The maximum atomic E-state index is 14.5. The first-order chi connectivity index (χ1) is 22.5. The van der Waals surface area contributed by atoms with E-state index >= 15 is 0 Å². The Balaban J connectivity index is 1.37. The maximum Gasteiger partial charge on any atom is 0.419 e. The van der Waals surface area contributed by atoms with E-state index in [9.17, 15) is 21.6 Å². The number of nitrogens with one attached hydrogen (secondary N) is 1. The predicted octanol–water partition coefficient (Wildman–Crippen LogP) is 5.68. The molecule has 246 valence electrons. The summed E-state index contributed by atoms with van der Waals surface area (Å²) < 4.78 is 83.2. The van der Waals surface area contributed by atoms with E-state index in [2.05, 4.69) is 30.3 Å². The Bertz CT molecular complexity index is 2040. The van der Waals surface area contributed by atoms with Crippen molar-refractivity contribution in [3.8, 4) is 22.5 Å². The minimum atomic E-state index is -4.83. The molecule has 1 aromatic carbocycles. The molecule has 1 aliphatic heterocycles. The third-order valence-electron chi connectivity index (χ3n) is 9.03. The monoisotopic (exact) mass is 667 g/mol. The number of alkyl halides is 3. The van der Waals surface area contributed by atoms with Crippen LogP contribution in [0.3, 0.4) is 0 Å². The number of hydrogen-bond donors (Lipinski definition) is 1. The number of anilines is 1. The third kappa shape index (κ3) is 5.55. The lowest BCUT2D eigenvalue weighted by molar-refractivity contribution is -0.137. The highest BCUT2D eigenvalue weighted by molar-refractivity contribution is 7.90. The number of benzene rings is 1. The van der Waals surface area contributed by atoms with Crippen molar-refractivity contribution in [1.82, 2.24) is 29.0 Å². The van der Waals surface area contributed by atoms with Gasteiger partial charge in [-0.15, -0.1) is 0 Å². The van der Waals surface area contributed by atoms with Gasteiger partial charge in [0.2, 0.25) is 5.95 Å². The molecule has 1 saturated carbocycles. The number of hydrogen-bond acceptors (Lipinski definition) is 10. The first kappa shape index (κ1) is 31.3. The van der Waals surface area contributed by atoms with Crippen molar-refractivity contribution < 1.29 is 30.8 Å².